The SMILES string of the molecule is Cc1ccc(CN2C(=O)[C@@H]3[C@@H](c4ccccc4)[C@H]4C=C[C@@]3(O4)[C@@H]2C(=O)NC2CCCC2)cc1. The van der Waals surface area contributed by atoms with Crippen molar-refractivity contribution in [3.05, 3.63) is 83.4 Å². The largest absolute Gasteiger partial charge is 0.359 e. The predicted molar refractivity (Wildman–Crippen MR) is 125 cm³/mol. The number of carbonyl (C=O) groups is 2. The Hall–Kier alpha value is -2.92. The number of ether oxygens (including phenoxy) is 1. The number of benzene rings is 2. The molecule has 2 bridgehead atoms. The molecule has 33 heavy (non-hydrogen) atoms. The Balaban J connectivity index is 1.39. The summed E-state index contributed by atoms with van der Waals surface area (Å²) in [6.45, 7) is 2.46. The summed E-state index contributed by atoms with van der Waals surface area (Å²) in [6.07, 6.45) is 8.19. The van der Waals surface area contributed by atoms with Gasteiger partial charge in [-0.15, -0.1) is 0 Å². The summed E-state index contributed by atoms with van der Waals surface area (Å²) in [6, 6.07) is 17.9. The lowest BCUT2D eigenvalue weighted by atomic mass is 9.72. The molecule has 3 fully saturated rings. The van der Waals surface area contributed by atoms with E-state index < -0.39 is 11.6 Å². The van der Waals surface area contributed by atoms with Crippen molar-refractivity contribution in [1.82, 2.24) is 10.2 Å². The van der Waals surface area contributed by atoms with E-state index in [-0.39, 0.29) is 35.8 Å². The van der Waals surface area contributed by atoms with Gasteiger partial charge in [-0.1, -0.05) is 85.2 Å². The molecule has 1 saturated carbocycles. The molecule has 0 radical (unpaired) electrons. The van der Waals surface area contributed by atoms with Crippen molar-refractivity contribution in [1.29, 1.82) is 0 Å². The van der Waals surface area contributed by atoms with Crippen LogP contribution in [0, 0.1) is 12.8 Å². The van der Waals surface area contributed by atoms with Gasteiger partial charge >= 0.3 is 0 Å². The van der Waals surface area contributed by atoms with Crippen LogP contribution >= 0.6 is 0 Å². The molecule has 5 atom stereocenters. The van der Waals surface area contributed by atoms with Crippen molar-refractivity contribution < 1.29 is 14.3 Å². The molecular formula is C28H30N2O3. The second kappa shape index (κ2) is 7.84. The maximum atomic E-state index is 14.0. The number of likely N-dealkylation sites (tertiary alicyclic amines) is 1. The van der Waals surface area contributed by atoms with Gasteiger partial charge in [0.05, 0.1) is 12.0 Å². The maximum Gasteiger partial charge on any atom is 0.246 e. The number of rotatable bonds is 5. The third kappa shape index (κ3) is 3.24. The summed E-state index contributed by atoms with van der Waals surface area (Å²) in [4.78, 5) is 29.5. The van der Waals surface area contributed by atoms with Crippen LogP contribution in [0.15, 0.2) is 66.7 Å². The van der Waals surface area contributed by atoms with Crippen LogP contribution in [-0.2, 0) is 20.9 Å². The van der Waals surface area contributed by atoms with Crippen molar-refractivity contribution in [3.8, 4) is 0 Å². The van der Waals surface area contributed by atoms with Crippen molar-refractivity contribution in [2.45, 2.75) is 68.9 Å². The molecule has 6 rings (SSSR count). The van der Waals surface area contributed by atoms with Gasteiger partial charge in [-0.25, -0.2) is 0 Å². The van der Waals surface area contributed by atoms with Gasteiger partial charge in [-0.3, -0.25) is 9.59 Å². The molecule has 2 aromatic rings. The molecule has 0 aromatic heterocycles. The normalized spacial score (nSPS) is 32.5. The van der Waals surface area contributed by atoms with Crippen LogP contribution in [0.2, 0.25) is 0 Å². The smallest absolute Gasteiger partial charge is 0.246 e. The van der Waals surface area contributed by atoms with Crippen molar-refractivity contribution >= 4 is 11.8 Å². The Morgan fingerprint density at radius 1 is 1.09 bits per heavy atom. The van der Waals surface area contributed by atoms with E-state index in [1.807, 2.05) is 43.3 Å². The molecule has 2 saturated heterocycles. The molecule has 2 aromatic carbocycles. The van der Waals surface area contributed by atoms with Crippen LogP contribution in [0.4, 0.5) is 0 Å². The molecule has 3 aliphatic heterocycles. The highest BCUT2D eigenvalue weighted by molar-refractivity contribution is 5.97. The molecule has 1 aliphatic carbocycles. The van der Waals surface area contributed by atoms with Gasteiger partial charge < -0.3 is 15.0 Å². The molecular weight excluding hydrogens is 412 g/mol. The molecule has 0 unspecified atom stereocenters. The van der Waals surface area contributed by atoms with Crippen molar-refractivity contribution in [2.24, 2.45) is 5.92 Å². The number of fused-ring (bicyclic) bond motifs is 1. The number of nitrogens with zero attached hydrogens (tertiary/aromatic N) is 1. The van der Waals surface area contributed by atoms with Crippen LogP contribution in [-0.4, -0.2) is 40.5 Å². The van der Waals surface area contributed by atoms with Gasteiger partial charge in [0.2, 0.25) is 11.8 Å². The first-order valence-electron chi connectivity index (χ1n) is 12.2. The van der Waals surface area contributed by atoms with Gasteiger partial charge in [0.25, 0.3) is 0 Å². The fraction of sp³-hybridized carbons (Fsp3) is 0.429. The van der Waals surface area contributed by atoms with E-state index in [0.29, 0.717) is 6.54 Å². The Morgan fingerprint density at radius 2 is 1.82 bits per heavy atom. The minimum atomic E-state index is -0.907. The highest BCUT2D eigenvalue weighted by Crippen LogP contribution is 2.58. The van der Waals surface area contributed by atoms with Gasteiger partial charge in [0.1, 0.15) is 11.6 Å². The summed E-state index contributed by atoms with van der Waals surface area (Å²) in [5, 5.41) is 3.26. The zero-order valence-electron chi connectivity index (χ0n) is 18.9. The highest BCUT2D eigenvalue weighted by Gasteiger charge is 2.71. The summed E-state index contributed by atoms with van der Waals surface area (Å²) in [5.74, 6) is -0.528. The average molecular weight is 443 g/mol. The second-order valence-corrected chi connectivity index (χ2v) is 10.1. The fourth-order valence-corrected chi connectivity index (χ4v) is 6.44. The van der Waals surface area contributed by atoms with Crippen molar-refractivity contribution in [2.75, 3.05) is 0 Å². The first-order valence-corrected chi connectivity index (χ1v) is 12.2. The monoisotopic (exact) mass is 442 g/mol. The Labute approximate surface area is 194 Å². The molecule has 2 amide bonds. The van der Waals surface area contributed by atoms with Gasteiger partial charge in [0.15, 0.2) is 0 Å². The van der Waals surface area contributed by atoms with Gasteiger partial charge in [0, 0.05) is 18.5 Å². The minimum absolute atomic E-state index is 0.0165. The molecule has 5 heteroatoms. The number of hydrogen-bond donors (Lipinski definition) is 1. The highest BCUT2D eigenvalue weighted by atomic mass is 16.5. The van der Waals surface area contributed by atoms with E-state index in [0.717, 1.165) is 36.8 Å². The summed E-state index contributed by atoms with van der Waals surface area (Å²) >= 11 is 0. The lowest BCUT2D eigenvalue weighted by Gasteiger charge is -2.33. The summed E-state index contributed by atoms with van der Waals surface area (Å²) < 4.78 is 6.57. The molecule has 5 nitrogen and oxygen atoms in total. The number of carbonyl (C=O) groups excluding carboxylic acids is 2. The van der Waals surface area contributed by atoms with Gasteiger partial charge in [-0.05, 0) is 30.9 Å². The second-order valence-electron chi connectivity index (χ2n) is 10.1. The topological polar surface area (TPSA) is 58.6 Å². The Kier molecular flexibility index (Phi) is 4.91. The van der Waals surface area contributed by atoms with E-state index in [4.69, 9.17) is 4.74 Å². The third-order valence-electron chi connectivity index (χ3n) is 7.98. The molecule has 1 N–H and O–H groups in total. The first-order chi connectivity index (χ1) is 16.1. The van der Waals surface area contributed by atoms with Crippen molar-refractivity contribution in [3.63, 3.8) is 0 Å². The Morgan fingerprint density at radius 3 is 2.55 bits per heavy atom. The quantitative estimate of drug-likeness (QED) is 0.715. The zero-order chi connectivity index (χ0) is 22.6. The van der Waals surface area contributed by atoms with E-state index in [1.54, 1.807) is 4.90 Å². The van der Waals surface area contributed by atoms with E-state index in [2.05, 4.69) is 35.7 Å². The number of hydrogen-bond acceptors (Lipinski definition) is 3. The third-order valence-corrected chi connectivity index (χ3v) is 7.98. The predicted octanol–water partition coefficient (Wildman–Crippen LogP) is 3.87. The maximum absolute atomic E-state index is 14.0. The van der Waals surface area contributed by atoms with Crippen LogP contribution in [0.5, 0.6) is 0 Å². The van der Waals surface area contributed by atoms with Crippen LogP contribution in [0.3, 0.4) is 0 Å². The van der Waals surface area contributed by atoms with Crippen LogP contribution in [0.1, 0.15) is 48.3 Å². The molecule has 3 heterocycles. The first kappa shape index (κ1) is 20.7. The number of aryl methyl sites for hydroxylation is 1. The van der Waals surface area contributed by atoms with Crippen LogP contribution < -0.4 is 5.32 Å². The molecule has 170 valence electrons. The lowest BCUT2D eigenvalue weighted by Crippen LogP contribution is -2.55. The number of nitrogens with one attached hydrogen (secondary N) is 1. The summed E-state index contributed by atoms with van der Waals surface area (Å²) in [5.41, 5.74) is 2.39. The minimum Gasteiger partial charge on any atom is -0.359 e. The Bertz CT molecular complexity index is 1090. The standard InChI is InChI=1S/C28H30N2O3/c1-18-11-13-19(14-12-18)17-30-25(26(31)29-21-9-5-6-10-21)28-16-15-22(33-28)23(24(28)27(30)32)20-7-3-2-4-8-20/h2-4,7-8,11-16,21-25H,5-6,9-10,17H2,1H3,(H,29,31)/t22-,23+,24+,25+,28+/m1/s1. The van der Waals surface area contributed by atoms with Gasteiger partial charge in [-0.2, -0.15) is 0 Å². The van der Waals surface area contributed by atoms with Crippen LogP contribution in [0.25, 0.3) is 0 Å². The van der Waals surface area contributed by atoms with E-state index >= 15 is 0 Å². The zero-order valence-corrected chi connectivity index (χ0v) is 18.9. The average Bonchev–Trinajstić information content (AvgIpc) is 3.59. The molecule has 4 aliphatic rings. The van der Waals surface area contributed by atoms with E-state index in [9.17, 15) is 9.59 Å². The van der Waals surface area contributed by atoms with E-state index in [1.165, 1.54) is 5.56 Å². The molecule has 1 spiro atoms. The fourth-order valence-electron chi connectivity index (χ4n) is 6.44. The summed E-state index contributed by atoms with van der Waals surface area (Å²) in [7, 11) is 0. The number of amides is 2. The lowest BCUT2D eigenvalue weighted by molar-refractivity contribution is -0.140.